The first-order chi connectivity index (χ1) is 6.79. The molecule has 1 aromatic rings. The number of nitrogens with zero attached hydrogens (tertiary/aromatic N) is 1. The van der Waals surface area contributed by atoms with Gasteiger partial charge in [0.25, 0.3) is 0 Å². The zero-order valence-corrected chi connectivity index (χ0v) is 7.86. The van der Waals surface area contributed by atoms with E-state index in [-0.39, 0.29) is 0 Å². The number of benzene rings is 1. The maximum atomic E-state index is 8.82. The average molecular weight is 188 g/mol. The number of ether oxygens (including phenoxy) is 1. The van der Waals surface area contributed by atoms with Crippen LogP contribution in [0.1, 0.15) is 18.4 Å². The van der Waals surface area contributed by atoms with Gasteiger partial charge in [-0.2, -0.15) is 5.26 Å². The molecule has 0 atom stereocenters. The van der Waals surface area contributed by atoms with Crippen LogP contribution in [0.2, 0.25) is 0 Å². The SMILES string of the molecule is N#Cc1ccc(N)cc1OCC1CC1. The van der Waals surface area contributed by atoms with Gasteiger partial charge in [0.1, 0.15) is 11.8 Å². The first-order valence-corrected chi connectivity index (χ1v) is 4.72. The van der Waals surface area contributed by atoms with Crippen molar-refractivity contribution >= 4 is 5.69 Å². The molecular formula is C11H12N2O. The van der Waals surface area contributed by atoms with Crippen LogP contribution in [0.5, 0.6) is 5.75 Å². The van der Waals surface area contributed by atoms with E-state index in [1.807, 2.05) is 0 Å². The average Bonchev–Trinajstić information content (AvgIpc) is 2.98. The van der Waals surface area contributed by atoms with Crippen molar-refractivity contribution in [2.24, 2.45) is 5.92 Å². The number of hydrogen-bond donors (Lipinski definition) is 1. The minimum Gasteiger partial charge on any atom is -0.492 e. The van der Waals surface area contributed by atoms with Crippen molar-refractivity contribution < 1.29 is 4.74 Å². The Labute approximate surface area is 83.1 Å². The summed E-state index contributed by atoms with van der Waals surface area (Å²) in [5.74, 6) is 1.29. The Balaban J connectivity index is 2.12. The van der Waals surface area contributed by atoms with Crippen molar-refractivity contribution in [3.05, 3.63) is 23.8 Å². The van der Waals surface area contributed by atoms with Crippen molar-refractivity contribution in [2.45, 2.75) is 12.8 Å². The van der Waals surface area contributed by atoms with E-state index in [2.05, 4.69) is 6.07 Å². The van der Waals surface area contributed by atoms with Crippen LogP contribution in [0.15, 0.2) is 18.2 Å². The number of nitrogens with two attached hydrogens (primary N) is 1. The summed E-state index contributed by atoms with van der Waals surface area (Å²) in [6.07, 6.45) is 2.48. The van der Waals surface area contributed by atoms with Crippen LogP contribution < -0.4 is 10.5 Å². The molecule has 0 aromatic heterocycles. The fraction of sp³-hybridized carbons (Fsp3) is 0.364. The molecule has 0 aliphatic heterocycles. The van der Waals surface area contributed by atoms with Crippen LogP contribution >= 0.6 is 0 Å². The highest BCUT2D eigenvalue weighted by Crippen LogP contribution is 2.30. The quantitative estimate of drug-likeness (QED) is 0.737. The normalized spacial score (nSPS) is 14.8. The molecule has 0 saturated heterocycles. The van der Waals surface area contributed by atoms with Crippen molar-refractivity contribution in [3.8, 4) is 11.8 Å². The summed E-state index contributed by atoms with van der Waals surface area (Å²) < 4.78 is 5.53. The second-order valence-electron chi connectivity index (χ2n) is 3.62. The smallest absolute Gasteiger partial charge is 0.139 e. The highest BCUT2D eigenvalue weighted by Gasteiger charge is 2.22. The third-order valence-corrected chi connectivity index (χ3v) is 2.30. The molecular weight excluding hydrogens is 176 g/mol. The monoisotopic (exact) mass is 188 g/mol. The minimum absolute atomic E-state index is 0.555. The number of hydrogen-bond acceptors (Lipinski definition) is 3. The summed E-state index contributed by atoms with van der Waals surface area (Å²) in [5, 5.41) is 8.82. The molecule has 1 aromatic carbocycles. The van der Waals surface area contributed by atoms with Crippen LogP contribution in [0, 0.1) is 17.2 Å². The van der Waals surface area contributed by atoms with Gasteiger partial charge < -0.3 is 10.5 Å². The largest absolute Gasteiger partial charge is 0.492 e. The summed E-state index contributed by atoms with van der Waals surface area (Å²) >= 11 is 0. The van der Waals surface area contributed by atoms with E-state index in [1.165, 1.54) is 12.8 Å². The molecule has 1 fully saturated rings. The molecule has 0 heterocycles. The van der Waals surface area contributed by atoms with E-state index in [4.69, 9.17) is 15.7 Å². The Bertz CT molecular complexity index is 377. The van der Waals surface area contributed by atoms with E-state index in [9.17, 15) is 0 Å². The van der Waals surface area contributed by atoms with Gasteiger partial charge in [0.15, 0.2) is 0 Å². The van der Waals surface area contributed by atoms with E-state index in [0.717, 1.165) is 0 Å². The van der Waals surface area contributed by atoms with Crippen LogP contribution in [0.25, 0.3) is 0 Å². The third-order valence-electron chi connectivity index (χ3n) is 2.30. The van der Waals surface area contributed by atoms with Gasteiger partial charge in [0.2, 0.25) is 0 Å². The summed E-state index contributed by atoms with van der Waals surface area (Å²) in [7, 11) is 0. The summed E-state index contributed by atoms with van der Waals surface area (Å²) in [4.78, 5) is 0. The molecule has 0 bridgehead atoms. The van der Waals surface area contributed by atoms with Crippen LogP contribution in [0.3, 0.4) is 0 Å². The maximum Gasteiger partial charge on any atom is 0.139 e. The summed E-state index contributed by atoms with van der Waals surface area (Å²) in [6.45, 7) is 0.706. The van der Waals surface area contributed by atoms with Gasteiger partial charge in [0, 0.05) is 11.8 Å². The second kappa shape index (κ2) is 3.59. The first kappa shape index (κ1) is 8.89. The molecule has 0 radical (unpaired) electrons. The zero-order valence-electron chi connectivity index (χ0n) is 7.86. The molecule has 0 amide bonds. The Morgan fingerprint density at radius 2 is 2.29 bits per heavy atom. The first-order valence-electron chi connectivity index (χ1n) is 4.72. The molecule has 1 saturated carbocycles. The topological polar surface area (TPSA) is 59.0 Å². The lowest BCUT2D eigenvalue weighted by atomic mass is 10.2. The molecule has 3 nitrogen and oxygen atoms in total. The van der Waals surface area contributed by atoms with Gasteiger partial charge in [-0.3, -0.25) is 0 Å². The minimum atomic E-state index is 0.555. The third kappa shape index (κ3) is 1.97. The van der Waals surface area contributed by atoms with E-state index in [1.54, 1.807) is 18.2 Å². The number of rotatable bonds is 3. The number of nitrogen functional groups attached to an aromatic ring is 1. The fourth-order valence-electron chi connectivity index (χ4n) is 1.24. The van der Waals surface area contributed by atoms with Crippen molar-refractivity contribution in [2.75, 3.05) is 12.3 Å². The Morgan fingerprint density at radius 1 is 1.50 bits per heavy atom. The maximum absolute atomic E-state index is 8.82. The molecule has 1 aliphatic carbocycles. The van der Waals surface area contributed by atoms with Crippen LogP contribution in [0.4, 0.5) is 5.69 Å². The van der Waals surface area contributed by atoms with Gasteiger partial charge in [0.05, 0.1) is 12.2 Å². The number of nitriles is 1. The summed E-state index contributed by atoms with van der Waals surface area (Å²) in [6, 6.07) is 7.20. The lowest BCUT2D eigenvalue weighted by Crippen LogP contribution is -2.01. The van der Waals surface area contributed by atoms with Crippen LogP contribution in [-0.2, 0) is 0 Å². The lowest BCUT2D eigenvalue weighted by Gasteiger charge is -2.07. The Kier molecular flexibility index (Phi) is 2.28. The zero-order chi connectivity index (χ0) is 9.97. The number of anilines is 1. The molecule has 0 spiro atoms. The van der Waals surface area contributed by atoms with Crippen LogP contribution in [-0.4, -0.2) is 6.61 Å². The van der Waals surface area contributed by atoms with E-state index in [0.29, 0.717) is 29.5 Å². The van der Waals surface area contributed by atoms with Gasteiger partial charge in [-0.1, -0.05) is 0 Å². The highest BCUT2D eigenvalue weighted by atomic mass is 16.5. The molecule has 1 aliphatic rings. The van der Waals surface area contributed by atoms with Crippen molar-refractivity contribution in [3.63, 3.8) is 0 Å². The Morgan fingerprint density at radius 3 is 2.93 bits per heavy atom. The molecule has 0 unspecified atom stereocenters. The van der Waals surface area contributed by atoms with Gasteiger partial charge >= 0.3 is 0 Å². The second-order valence-corrected chi connectivity index (χ2v) is 3.62. The van der Waals surface area contributed by atoms with Gasteiger partial charge in [-0.25, -0.2) is 0 Å². The predicted octanol–water partition coefficient (Wildman–Crippen LogP) is 1.93. The fourth-order valence-corrected chi connectivity index (χ4v) is 1.24. The molecule has 2 rings (SSSR count). The lowest BCUT2D eigenvalue weighted by molar-refractivity contribution is 0.299. The molecule has 14 heavy (non-hydrogen) atoms. The van der Waals surface area contributed by atoms with Crippen molar-refractivity contribution in [1.29, 1.82) is 5.26 Å². The predicted molar refractivity (Wildman–Crippen MR) is 53.8 cm³/mol. The Hall–Kier alpha value is -1.69. The highest BCUT2D eigenvalue weighted by molar-refractivity contribution is 5.52. The van der Waals surface area contributed by atoms with Gasteiger partial charge in [-0.05, 0) is 30.9 Å². The molecule has 3 heteroatoms. The standard InChI is InChI=1S/C11H12N2O/c12-6-9-3-4-10(13)5-11(9)14-7-8-1-2-8/h3-5,8H,1-2,7,13H2. The van der Waals surface area contributed by atoms with Crippen molar-refractivity contribution in [1.82, 2.24) is 0 Å². The molecule has 2 N–H and O–H groups in total. The summed E-state index contributed by atoms with van der Waals surface area (Å²) in [5.41, 5.74) is 6.80. The van der Waals surface area contributed by atoms with Gasteiger partial charge in [-0.15, -0.1) is 0 Å². The van der Waals surface area contributed by atoms with E-state index < -0.39 is 0 Å². The molecule has 72 valence electrons. The van der Waals surface area contributed by atoms with E-state index >= 15 is 0 Å².